The lowest BCUT2D eigenvalue weighted by Crippen LogP contribution is -3.28. The van der Waals surface area contributed by atoms with Crippen LogP contribution in [-0.4, -0.2) is 63.1 Å². The third-order valence-corrected chi connectivity index (χ3v) is 6.02. The van der Waals surface area contributed by atoms with E-state index in [4.69, 9.17) is 14.2 Å². The minimum Gasteiger partial charge on any atom is -0.491 e. The van der Waals surface area contributed by atoms with Crippen LogP contribution in [0.2, 0.25) is 0 Å². The van der Waals surface area contributed by atoms with E-state index in [1.54, 1.807) is 29.2 Å². The van der Waals surface area contributed by atoms with E-state index in [2.05, 4.69) is 12.1 Å². The summed E-state index contributed by atoms with van der Waals surface area (Å²) in [6.45, 7) is 8.30. The molecule has 0 aromatic heterocycles. The lowest BCUT2D eigenvalue weighted by molar-refractivity contribution is -1.02. The van der Waals surface area contributed by atoms with Gasteiger partial charge in [0, 0.05) is 17.5 Å². The van der Waals surface area contributed by atoms with Gasteiger partial charge in [0.05, 0.1) is 0 Å². The van der Waals surface area contributed by atoms with Crippen LogP contribution in [0.5, 0.6) is 17.2 Å². The molecule has 7 heteroatoms. The molecule has 0 radical (unpaired) electrons. The maximum Gasteiger partial charge on any atom is 0.231 e. The molecule has 2 heterocycles. The van der Waals surface area contributed by atoms with E-state index in [1.807, 2.05) is 13.0 Å². The summed E-state index contributed by atoms with van der Waals surface area (Å²) < 4.78 is 16.6. The van der Waals surface area contributed by atoms with Crippen LogP contribution in [0.15, 0.2) is 42.5 Å². The number of carbonyl (C=O) groups is 1. The molecule has 1 atom stereocenters. The quantitative estimate of drug-likeness (QED) is 0.480. The Morgan fingerprint density at radius 2 is 1.74 bits per heavy atom. The van der Waals surface area contributed by atoms with E-state index in [1.165, 1.54) is 10.5 Å². The predicted molar refractivity (Wildman–Crippen MR) is 115 cm³/mol. The van der Waals surface area contributed by atoms with Crippen LogP contribution in [0.4, 0.5) is 0 Å². The summed E-state index contributed by atoms with van der Waals surface area (Å²) in [7, 11) is 0. The van der Waals surface area contributed by atoms with Gasteiger partial charge >= 0.3 is 0 Å². The van der Waals surface area contributed by atoms with E-state index in [-0.39, 0.29) is 12.4 Å². The molecule has 31 heavy (non-hydrogen) atoms. The molecule has 0 bridgehead atoms. The van der Waals surface area contributed by atoms with Crippen molar-refractivity contribution in [2.45, 2.75) is 26.0 Å². The molecule has 1 fully saturated rings. The number of aliphatic hydroxyl groups excluding tert-OH is 1. The van der Waals surface area contributed by atoms with Crippen molar-refractivity contribution in [3.05, 3.63) is 53.6 Å². The fourth-order valence-corrected chi connectivity index (χ4v) is 4.20. The van der Waals surface area contributed by atoms with Gasteiger partial charge in [0.25, 0.3) is 0 Å². The smallest absolute Gasteiger partial charge is 0.231 e. The Bertz CT molecular complexity index is 878. The minimum atomic E-state index is -0.512. The molecular weight excluding hydrogens is 396 g/mol. The third kappa shape index (κ3) is 5.76. The van der Waals surface area contributed by atoms with Crippen LogP contribution in [0.25, 0.3) is 0 Å². The number of ketones is 1. The molecule has 0 aliphatic carbocycles. The first-order valence-corrected chi connectivity index (χ1v) is 11.1. The molecule has 0 saturated carbocycles. The van der Waals surface area contributed by atoms with E-state index < -0.39 is 6.10 Å². The molecule has 7 nitrogen and oxygen atoms in total. The van der Waals surface area contributed by atoms with Crippen LogP contribution in [-0.2, 0) is 6.54 Å². The third-order valence-electron chi connectivity index (χ3n) is 6.02. The average Bonchev–Trinajstić information content (AvgIpc) is 3.27. The molecule has 1 saturated heterocycles. The first-order chi connectivity index (χ1) is 15.1. The van der Waals surface area contributed by atoms with E-state index in [9.17, 15) is 9.90 Å². The summed E-state index contributed by atoms with van der Waals surface area (Å²) in [5, 5.41) is 10.4. The summed E-state index contributed by atoms with van der Waals surface area (Å²) in [4.78, 5) is 14.6. The molecule has 4 rings (SSSR count). The zero-order valence-electron chi connectivity index (χ0n) is 18.1. The first kappa shape index (κ1) is 21.6. The monoisotopic (exact) mass is 428 g/mol. The Hall–Kier alpha value is -2.61. The zero-order chi connectivity index (χ0) is 21.6. The SMILES string of the molecule is CCC(=O)c1ccc(OC[C@@H](O)C[NH+]2CC[NH+](Cc3ccc4c(c3)OCO4)CC2)cc1. The van der Waals surface area contributed by atoms with Gasteiger partial charge < -0.3 is 29.1 Å². The fraction of sp³-hybridized carbons (Fsp3) is 0.458. The van der Waals surface area contributed by atoms with Crippen LogP contribution < -0.4 is 24.0 Å². The molecule has 0 spiro atoms. The van der Waals surface area contributed by atoms with Gasteiger partial charge in [-0.3, -0.25) is 4.79 Å². The lowest BCUT2D eigenvalue weighted by atomic mass is 10.1. The number of aliphatic hydroxyl groups is 1. The molecule has 0 amide bonds. The maximum absolute atomic E-state index is 11.7. The number of Topliss-reactive ketones (excluding diaryl/α,β-unsaturated/α-hetero) is 1. The standard InChI is InChI=1S/C24H30N2O5/c1-2-22(28)19-4-6-21(7-5-19)29-16-20(27)15-26-11-9-25(10-12-26)14-18-3-8-23-24(13-18)31-17-30-23/h3-8,13,20,27H,2,9-12,14-17H2,1H3/p+2/t20-/m0/s1. The second-order valence-electron chi connectivity index (χ2n) is 8.33. The molecule has 0 unspecified atom stereocenters. The second-order valence-corrected chi connectivity index (χ2v) is 8.33. The predicted octanol–water partition coefficient (Wildman–Crippen LogP) is -0.269. The Kier molecular flexibility index (Phi) is 7.06. The van der Waals surface area contributed by atoms with Gasteiger partial charge in [0.1, 0.15) is 57.7 Å². The second kappa shape index (κ2) is 10.1. The number of nitrogens with one attached hydrogen (secondary N) is 2. The van der Waals surface area contributed by atoms with Crippen molar-refractivity contribution >= 4 is 5.78 Å². The van der Waals surface area contributed by atoms with Crippen molar-refractivity contribution in [1.29, 1.82) is 0 Å². The number of fused-ring (bicyclic) bond motifs is 1. The van der Waals surface area contributed by atoms with Crippen molar-refractivity contribution in [2.75, 3.05) is 46.1 Å². The summed E-state index contributed by atoms with van der Waals surface area (Å²) >= 11 is 0. The highest BCUT2D eigenvalue weighted by Gasteiger charge is 2.26. The van der Waals surface area contributed by atoms with Crippen molar-refractivity contribution < 1.29 is 33.9 Å². The van der Waals surface area contributed by atoms with Crippen LogP contribution in [0, 0.1) is 0 Å². The topological polar surface area (TPSA) is 73.9 Å². The molecule has 3 N–H and O–H groups in total. The van der Waals surface area contributed by atoms with Gasteiger partial charge in [-0.25, -0.2) is 0 Å². The summed E-state index contributed by atoms with van der Waals surface area (Å²) in [5.41, 5.74) is 1.96. The normalized spacial score (nSPS) is 21.0. The number of rotatable bonds is 9. The Labute approximate surface area is 183 Å². The first-order valence-electron chi connectivity index (χ1n) is 11.1. The lowest BCUT2D eigenvalue weighted by Gasteiger charge is -2.30. The van der Waals surface area contributed by atoms with E-state index in [0.717, 1.165) is 44.2 Å². The van der Waals surface area contributed by atoms with Crippen molar-refractivity contribution in [2.24, 2.45) is 0 Å². The molecule has 166 valence electrons. The fourth-order valence-electron chi connectivity index (χ4n) is 4.20. The summed E-state index contributed by atoms with van der Waals surface area (Å²) in [6, 6.07) is 13.3. The highest BCUT2D eigenvalue weighted by Crippen LogP contribution is 2.32. The Morgan fingerprint density at radius 1 is 1.03 bits per heavy atom. The molecule has 2 aliphatic heterocycles. The number of carbonyl (C=O) groups excluding carboxylic acids is 1. The maximum atomic E-state index is 11.7. The van der Waals surface area contributed by atoms with Crippen LogP contribution >= 0.6 is 0 Å². The van der Waals surface area contributed by atoms with Crippen molar-refractivity contribution in [3.8, 4) is 17.2 Å². The van der Waals surface area contributed by atoms with Crippen LogP contribution in [0.3, 0.4) is 0 Å². The molecule has 2 aliphatic rings. The van der Waals surface area contributed by atoms with Gasteiger partial charge in [-0.05, 0) is 42.5 Å². The van der Waals surface area contributed by atoms with E-state index in [0.29, 0.717) is 31.1 Å². The Morgan fingerprint density at radius 3 is 2.48 bits per heavy atom. The number of ether oxygens (including phenoxy) is 3. The van der Waals surface area contributed by atoms with Crippen molar-refractivity contribution in [3.63, 3.8) is 0 Å². The molecule has 2 aromatic carbocycles. The highest BCUT2D eigenvalue weighted by atomic mass is 16.7. The van der Waals surface area contributed by atoms with Crippen LogP contribution in [0.1, 0.15) is 29.3 Å². The van der Waals surface area contributed by atoms with Gasteiger partial charge in [-0.2, -0.15) is 0 Å². The Balaban J connectivity index is 1.17. The number of hydrogen-bond donors (Lipinski definition) is 3. The average molecular weight is 429 g/mol. The van der Waals surface area contributed by atoms with Gasteiger partial charge in [0.15, 0.2) is 17.3 Å². The number of hydrogen-bond acceptors (Lipinski definition) is 5. The molecular formula is C24H32N2O5+2. The minimum absolute atomic E-state index is 0.120. The van der Waals surface area contributed by atoms with E-state index >= 15 is 0 Å². The van der Waals surface area contributed by atoms with Gasteiger partial charge in [0.2, 0.25) is 6.79 Å². The zero-order valence-corrected chi connectivity index (χ0v) is 18.1. The molecule has 2 aromatic rings. The van der Waals surface area contributed by atoms with Gasteiger partial charge in [-0.1, -0.05) is 6.92 Å². The van der Waals surface area contributed by atoms with Gasteiger partial charge in [-0.15, -0.1) is 0 Å². The summed E-state index contributed by atoms with van der Waals surface area (Å²) in [6.07, 6.45) is -0.0183. The largest absolute Gasteiger partial charge is 0.491 e. The number of quaternary nitrogens is 2. The number of benzene rings is 2. The highest BCUT2D eigenvalue weighted by molar-refractivity contribution is 5.95. The summed E-state index contributed by atoms with van der Waals surface area (Å²) in [5.74, 6) is 2.47. The van der Waals surface area contributed by atoms with Crippen molar-refractivity contribution in [1.82, 2.24) is 0 Å². The number of piperazine rings is 1.